The Kier molecular flexibility index (Phi) is 3.51. The van der Waals surface area contributed by atoms with Crippen LogP contribution in [0.25, 0.3) is 0 Å². The number of hydrazone groups is 1. The van der Waals surface area contributed by atoms with E-state index in [9.17, 15) is 10.1 Å². The van der Waals surface area contributed by atoms with E-state index in [-0.39, 0.29) is 12.4 Å². The maximum absolute atomic E-state index is 11.0. The lowest BCUT2D eigenvalue weighted by Crippen LogP contribution is -2.34. The molecular formula is C15H17N5O3. The number of benzene rings is 1. The van der Waals surface area contributed by atoms with Crippen molar-refractivity contribution in [2.45, 2.75) is 33.0 Å². The third-order valence-electron chi connectivity index (χ3n) is 3.83. The van der Waals surface area contributed by atoms with Crippen LogP contribution >= 0.6 is 0 Å². The minimum Gasteiger partial charge on any atom is -0.445 e. The molecule has 0 radical (unpaired) electrons. The van der Waals surface area contributed by atoms with Gasteiger partial charge in [-0.1, -0.05) is 29.8 Å². The summed E-state index contributed by atoms with van der Waals surface area (Å²) in [4.78, 5) is 14.5. The van der Waals surface area contributed by atoms with E-state index in [1.807, 2.05) is 38.1 Å². The molecule has 1 unspecified atom stereocenters. The maximum Gasteiger partial charge on any atom is 0.343 e. The van der Waals surface area contributed by atoms with Gasteiger partial charge in [0.1, 0.15) is 6.20 Å². The molecule has 8 nitrogen and oxygen atoms in total. The second-order valence-corrected chi connectivity index (χ2v) is 5.63. The SMILES string of the molecule is Cc1ccc(C2(C)NN=C(Cn3c([N+](=O)[O-])cnc3C)O2)cc1. The van der Waals surface area contributed by atoms with Crippen LogP contribution in [-0.2, 0) is 17.0 Å². The van der Waals surface area contributed by atoms with Crippen molar-refractivity contribution in [1.82, 2.24) is 15.0 Å². The molecule has 1 N–H and O–H groups in total. The van der Waals surface area contributed by atoms with E-state index in [4.69, 9.17) is 4.74 Å². The average molecular weight is 315 g/mol. The van der Waals surface area contributed by atoms with Crippen LogP contribution in [0.15, 0.2) is 35.6 Å². The first-order chi connectivity index (χ1) is 10.9. The first-order valence-corrected chi connectivity index (χ1v) is 7.15. The van der Waals surface area contributed by atoms with Gasteiger partial charge in [-0.05, 0) is 11.8 Å². The van der Waals surface area contributed by atoms with Gasteiger partial charge in [-0.25, -0.2) is 9.55 Å². The second-order valence-electron chi connectivity index (χ2n) is 5.63. The second kappa shape index (κ2) is 5.38. The molecule has 1 aromatic carbocycles. The summed E-state index contributed by atoms with van der Waals surface area (Å²) in [6, 6.07) is 7.92. The lowest BCUT2D eigenvalue weighted by Gasteiger charge is -2.24. The molecule has 0 amide bonds. The highest BCUT2D eigenvalue weighted by atomic mass is 16.6. The Morgan fingerprint density at radius 3 is 2.70 bits per heavy atom. The third kappa shape index (κ3) is 2.75. The van der Waals surface area contributed by atoms with Crippen LogP contribution in [0.4, 0.5) is 5.82 Å². The van der Waals surface area contributed by atoms with E-state index in [0.717, 1.165) is 11.1 Å². The number of nitrogens with zero attached hydrogens (tertiary/aromatic N) is 4. The summed E-state index contributed by atoms with van der Waals surface area (Å²) in [6.07, 6.45) is 1.23. The molecular weight excluding hydrogens is 298 g/mol. The standard InChI is InChI=1S/C15H17N5O3/c1-10-4-6-12(7-5-10)15(3)18-17-13(23-15)9-19-11(2)16-8-14(19)20(21)22/h4-8,18H,9H2,1-3H3. The van der Waals surface area contributed by atoms with Crippen molar-refractivity contribution in [3.63, 3.8) is 0 Å². The van der Waals surface area contributed by atoms with Crippen LogP contribution in [0.5, 0.6) is 0 Å². The summed E-state index contributed by atoms with van der Waals surface area (Å²) < 4.78 is 7.37. The van der Waals surface area contributed by atoms with Gasteiger partial charge in [0, 0.05) is 19.4 Å². The number of rotatable bonds is 4. The molecule has 3 rings (SSSR count). The Balaban J connectivity index is 1.79. The molecule has 2 aromatic rings. The number of hydrogen-bond donors (Lipinski definition) is 1. The molecule has 1 atom stereocenters. The molecule has 1 aromatic heterocycles. The summed E-state index contributed by atoms with van der Waals surface area (Å²) in [5.41, 5.74) is 4.26. The Morgan fingerprint density at radius 1 is 1.35 bits per heavy atom. The number of nitro groups is 1. The number of imidazole rings is 1. The summed E-state index contributed by atoms with van der Waals surface area (Å²) in [6.45, 7) is 5.73. The third-order valence-corrected chi connectivity index (χ3v) is 3.83. The van der Waals surface area contributed by atoms with Gasteiger partial charge in [-0.3, -0.25) is 5.43 Å². The number of aromatic nitrogens is 2. The minimum atomic E-state index is -0.785. The fraction of sp³-hybridized carbons (Fsp3) is 0.333. The Bertz CT molecular complexity index is 781. The predicted octanol–water partition coefficient (Wildman–Crippen LogP) is 2.21. The highest BCUT2D eigenvalue weighted by Gasteiger charge is 2.36. The molecule has 8 heteroatoms. The topological polar surface area (TPSA) is 94.6 Å². The molecule has 0 saturated heterocycles. The molecule has 0 spiro atoms. The average Bonchev–Trinajstić information content (AvgIpc) is 3.05. The lowest BCUT2D eigenvalue weighted by molar-refractivity contribution is -0.392. The van der Waals surface area contributed by atoms with Crippen LogP contribution in [0.3, 0.4) is 0 Å². The number of ether oxygens (including phenoxy) is 1. The predicted molar refractivity (Wildman–Crippen MR) is 83.8 cm³/mol. The molecule has 2 heterocycles. The van der Waals surface area contributed by atoms with Crippen LogP contribution < -0.4 is 5.43 Å². The summed E-state index contributed by atoms with van der Waals surface area (Å²) in [5.74, 6) is 0.821. The zero-order chi connectivity index (χ0) is 16.6. The van der Waals surface area contributed by atoms with E-state index < -0.39 is 10.6 Å². The van der Waals surface area contributed by atoms with Gasteiger partial charge < -0.3 is 14.9 Å². The van der Waals surface area contributed by atoms with Gasteiger partial charge in [0.25, 0.3) is 5.90 Å². The fourth-order valence-corrected chi connectivity index (χ4v) is 2.45. The molecule has 23 heavy (non-hydrogen) atoms. The highest BCUT2D eigenvalue weighted by molar-refractivity contribution is 5.78. The summed E-state index contributed by atoms with van der Waals surface area (Å²) in [7, 11) is 0. The first-order valence-electron chi connectivity index (χ1n) is 7.15. The quantitative estimate of drug-likeness (QED) is 0.689. The molecule has 120 valence electrons. The van der Waals surface area contributed by atoms with E-state index >= 15 is 0 Å². The summed E-state index contributed by atoms with van der Waals surface area (Å²) >= 11 is 0. The van der Waals surface area contributed by atoms with Gasteiger partial charge in [0.15, 0.2) is 12.4 Å². The van der Waals surface area contributed by atoms with Gasteiger partial charge in [-0.15, -0.1) is 5.10 Å². The normalized spacial score (nSPS) is 19.9. The van der Waals surface area contributed by atoms with Gasteiger partial charge in [0.2, 0.25) is 5.72 Å². The lowest BCUT2D eigenvalue weighted by atomic mass is 10.0. The minimum absolute atomic E-state index is 0.0854. The van der Waals surface area contributed by atoms with Crippen LogP contribution in [0, 0.1) is 24.0 Å². The maximum atomic E-state index is 11.0. The molecule has 1 aliphatic rings. The number of nitrogens with one attached hydrogen (secondary N) is 1. The Labute approximate surface area is 132 Å². The highest BCUT2D eigenvalue weighted by Crippen LogP contribution is 2.27. The molecule has 0 bridgehead atoms. The monoisotopic (exact) mass is 315 g/mol. The van der Waals surface area contributed by atoms with E-state index in [1.165, 1.54) is 10.8 Å². The number of aryl methyl sites for hydroxylation is 2. The molecule has 0 aliphatic carbocycles. The van der Waals surface area contributed by atoms with Gasteiger partial charge in [-0.2, -0.15) is 0 Å². The fourth-order valence-electron chi connectivity index (χ4n) is 2.45. The Morgan fingerprint density at radius 2 is 2.04 bits per heavy atom. The molecule has 0 fully saturated rings. The summed E-state index contributed by atoms with van der Waals surface area (Å²) in [5, 5.41) is 15.2. The molecule has 0 saturated carbocycles. The van der Waals surface area contributed by atoms with Crippen molar-refractivity contribution in [3.05, 3.63) is 57.5 Å². The van der Waals surface area contributed by atoms with Crippen molar-refractivity contribution >= 4 is 11.7 Å². The zero-order valence-electron chi connectivity index (χ0n) is 13.1. The van der Waals surface area contributed by atoms with Crippen molar-refractivity contribution in [2.75, 3.05) is 0 Å². The van der Waals surface area contributed by atoms with Crippen LogP contribution in [-0.4, -0.2) is 20.4 Å². The van der Waals surface area contributed by atoms with Crippen molar-refractivity contribution in [1.29, 1.82) is 0 Å². The van der Waals surface area contributed by atoms with Crippen molar-refractivity contribution in [3.8, 4) is 0 Å². The van der Waals surface area contributed by atoms with Crippen LogP contribution in [0.1, 0.15) is 23.9 Å². The molecule has 1 aliphatic heterocycles. The number of hydrogen-bond acceptors (Lipinski definition) is 6. The Hall–Kier alpha value is -2.90. The van der Waals surface area contributed by atoms with Crippen molar-refractivity contribution in [2.24, 2.45) is 5.10 Å². The van der Waals surface area contributed by atoms with Gasteiger partial charge >= 0.3 is 5.82 Å². The smallest absolute Gasteiger partial charge is 0.343 e. The first kappa shape index (κ1) is 15.0. The van der Waals surface area contributed by atoms with Gasteiger partial charge in [0.05, 0.1) is 0 Å². The van der Waals surface area contributed by atoms with Crippen molar-refractivity contribution < 1.29 is 9.66 Å². The zero-order valence-corrected chi connectivity index (χ0v) is 13.1. The van der Waals surface area contributed by atoms with E-state index in [1.54, 1.807) is 6.92 Å². The van der Waals surface area contributed by atoms with E-state index in [2.05, 4.69) is 15.5 Å². The van der Waals surface area contributed by atoms with E-state index in [0.29, 0.717) is 11.7 Å². The van der Waals surface area contributed by atoms with Crippen LogP contribution in [0.2, 0.25) is 0 Å². The largest absolute Gasteiger partial charge is 0.445 e.